The van der Waals surface area contributed by atoms with Crippen LogP contribution < -0.4 is 5.73 Å². The lowest BCUT2D eigenvalue weighted by Gasteiger charge is -2.09. The highest BCUT2D eigenvalue weighted by Crippen LogP contribution is 2.24. The summed E-state index contributed by atoms with van der Waals surface area (Å²) in [5.41, 5.74) is 10.4. The van der Waals surface area contributed by atoms with Crippen molar-refractivity contribution in [1.82, 2.24) is 0 Å². The van der Waals surface area contributed by atoms with E-state index < -0.39 is 0 Å². The van der Waals surface area contributed by atoms with Gasteiger partial charge in [-0.1, -0.05) is 76.7 Å². The maximum atomic E-state index is 5.79. The summed E-state index contributed by atoms with van der Waals surface area (Å²) < 4.78 is 0. The van der Waals surface area contributed by atoms with Gasteiger partial charge >= 0.3 is 0 Å². The van der Waals surface area contributed by atoms with Crippen LogP contribution in [0.2, 0.25) is 0 Å². The van der Waals surface area contributed by atoms with E-state index in [1.807, 2.05) is 18.2 Å². The molecule has 3 heteroatoms. The summed E-state index contributed by atoms with van der Waals surface area (Å²) >= 11 is 8.58. The first-order valence-electron chi connectivity index (χ1n) is 6.76. The second-order valence-corrected chi connectivity index (χ2v) is 5.99. The molecule has 0 bridgehead atoms. The normalized spacial score (nSPS) is 10.4. The molecule has 0 saturated carbocycles. The van der Waals surface area contributed by atoms with Gasteiger partial charge in [0.2, 0.25) is 0 Å². The van der Waals surface area contributed by atoms with E-state index >= 15 is 0 Å². The van der Waals surface area contributed by atoms with E-state index in [1.54, 1.807) is 0 Å². The summed E-state index contributed by atoms with van der Waals surface area (Å²) in [6, 6.07) is 16.7. The molecule has 0 fully saturated rings. The van der Waals surface area contributed by atoms with Gasteiger partial charge in [-0.15, -0.1) is 0 Å². The number of nitrogens with two attached hydrogens (primary N) is 1. The Morgan fingerprint density at radius 1 is 1.00 bits per heavy atom. The van der Waals surface area contributed by atoms with Crippen molar-refractivity contribution < 1.29 is 0 Å². The van der Waals surface area contributed by atoms with E-state index in [2.05, 4.69) is 46.3 Å². The Bertz CT molecular complexity index is 578. The minimum absolute atomic E-state index is 0.446. The van der Waals surface area contributed by atoms with Gasteiger partial charge < -0.3 is 5.73 Å². The Labute approximate surface area is 134 Å². The fraction of sp³-hybridized carbons (Fsp3) is 0.235. The van der Waals surface area contributed by atoms with Gasteiger partial charge in [0, 0.05) is 10.9 Å². The van der Waals surface area contributed by atoms with Gasteiger partial charge in [-0.05, 0) is 36.0 Å². The van der Waals surface area contributed by atoms with Crippen molar-refractivity contribution >= 4 is 33.1 Å². The second-order valence-electron chi connectivity index (χ2n) is 4.75. The lowest BCUT2D eigenvalue weighted by atomic mass is 9.97. The number of aryl methyl sites for hydroxylation is 1. The van der Waals surface area contributed by atoms with Crippen LogP contribution in [0.1, 0.15) is 24.0 Å². The zero-order valence-corrected chi connectivity index (χ0v) is 13.7. The SMILES string of the molecule is NC(=S)c1ccccc1-c1ccc(CCCCBr)cc1. The summed E-state index contributed by atoms with van der Waals surface area (Å²) in [5, 5.41) is 1.08. The van der Waals surface area contributed by atoms with E-state index in [0.29, 0.717) is 4.99 Å². The van der Waals surface area contributed by atoms with Gasteiger partial charge in [0.15, 0.2) is 0 Å². The lowest BCUT2D eigenvalue weighted by Crippen LogP contribution is -2.10. The number of hydrogen-bond acceptors (Lipinski definition) is 1. The predicted molar refractivity (Wildman–Crippen MR) is 94.5 cm³/mol. The highest BCUT2D eigenvalue weighted by molar-refractivity contribution is 9.09. The molecule has 0 amide bonds. The predicted octanol–water partition coefficient (Wildman–Crippen LogP) is 4.71. The van der Waals surface area contributed by atoms with E-state index in [1.165, 1.54) is 18.4 Å². The Kier molecular flexibility index (Phi) is 5.74. The summed E-state index contributed by atoms with van der Waals surface area (Å²) in [4.78, 5) is 0.446. The maximum Gasteiger partial charge on any atom is 0.104 e. The smallest absolute Gasteiger partial charge is 0.104 e. The van der Waals surface area contributed by atoms with Crippen LogP contribution in [0.5, 0.6) is 0 Å². The van der Waals surface area contributed by atoms with Crippen molar-refractivity contribution in [3.8, 4) is 11.1 Å². The summed E-state index contributed by atoms with van der Waals surface area (Å²) in [6.45, 7) is 0. The van der Waals surface area contributed by atoms with Crippen LogP contribution in [0.3, 0.4) is 0 Å². The molecule has 2 aromatic rings. The Hall–Kier alpha value is -1.19. The number of alkyl halides is 1. The summed E-state index contributed by atoms with van der Waals surface area (Å²) in [6.07, 6.45) is 3.56. The summed E-state index contributed by atoms with van der Waals surface area (Å²) in [7, 11) is 0. The first-order chi connectivity index (χ1) is 9.72. The van der Waals surface area contributed by atoms with Gasteiger partial charge in [-0.2, -0.15) is 0 Å². The zero-order valence-electron chi connectivity index (χ0n) is 11.3. The average molecular weight is 348 g/mol. The molecule has 0 spiro atoms. The number of unbranched alkanes of at least 4 members (excludes halogenated alkanes) is 1. The third-order valence-corrected chi connectivity index (χ3v) is 4.09. The molecule has 0 aliphatic carbocycles. The molecule has 0 aliphatic rings. The third-order valence-electron chi connectivity index (χ3n) is 3.31. The molecule has 0 atom stereocenters. The molecule has 104 valence electrons. The van der Waals surface area contributed by atoms with E-state index in [9.17, 15) is 0 Å². The largest absolute Gasteiger partial charge is 0.389 e. The number of halogens is 1. The summed E-state index contributed by atoms with van der Waals surface area (Å²) in [5.74, 6) is 0. The number of benzene rings is 2. The van der Waals surface area contributed by atoms with Crippen molar-refractivity contribution in [2.75, 3.05) is 5.33 Å². The molecule has 0 aliphatic heterocycles. The zero-order chi connectivity index (χ0) is 14.4. The molecule has 0 saturated heterocycles. The Morgan fingerprint density at radius 2 is 1.70 bits per heavy atom. The van der Waals surface area contributed by atoms with Crippen LogP contribution >= 0.6 is 28.1 Å². The van der Waals surface area contributed by atoms with Crippen LogP contribution in [-0.2, 0) is 6.42 Å². The molecule has 0 radical (unpaired) electrons. The minimum Gasteiger partial charge on any atom is -0.389 e. The lowest BCUT2D eigenvalue weighted by molar-refractivity contribution is 0.806. The van der Waals surface area contributed by atoms with Crippen LogP contribution in [-0.4, -0.2) is 10.3 Å². The monoisotopic (exact) mass is 347 g/mol. The number of hydrogen-bond donors (Lipinski definition) is 1. The molecule has 2 aromatic carbocycles. The Balaban J connectivity index is 2.20. The molecule has 0 unspecified atom stereocenters. The quantitative estimate of drug-likeness (QED) is 0.465. The van der Waals surface area contributed by atoms with Gasteiger partial charge in [0.1, 0.15) is 4.99 Å². The van der Waals surface area contributed by atoms with Crippen LogP contribution in [0.15, 0.2) is 48.5 Å². The molecule has 1 nitrogen and oxygen atoms in total. The minimum atomic E-state index is 0.446. The fourth-order valence-electron chi connectivity index (χ4n) is 2.22. The van der Waals surface area contributed by atoms with Crippen LogP contribution in [0.25, 0.3) is 11.1 Å². The van der Waals surface area contributed by atoms with Crippen LogP contribution in [0, 0.1) is 0 Å². The van der Waals surface area contributed by atoms with Gasteiger partial charge in [-0.3, -0.25) is 0 Å². The fourth-order valence-corrected chi connectivity index (χ4v) is 2.80. The van der Waals surface area contributed by atoms with E-state index in [-0.39, 0.29) is 0 Å². The highest BCUT2D eigenvalue weighted by Gasteiger charge is 2.06. The van der Waals surface area contributed by atoms with E-state index in [0.717, 1.165) is 28.4 Å². The molecule has 0 aromatic heterocycles. The molecule has 0 heterocycles. The number of rotatable bonds is 6. The standard InChI is InChI=1S/C17H18BrNS/c18-12-4-3-5-13-8-10-14(11-9-13)15-6-1-2-7-16(15)17(19)20/h1-2,6-11H,3-5,12H2,(H2,19,20). The van der Waals surface area contributed by atoms with Crippen molar-refractivity contribution in [3.63, 3.8) is 0 Å². The third kappa shape index (κ3) is 3.90. The molecule has 2 N–H and O–H groups in total. The average Bonchev–Trinajstić information content (AvgIpc) is 2.48. The molecule has 2 rings (SSSR count). The van der Waals surface area contributed by atoms with Crippen molar-refractivity contribution in [1.29, 1.82) is 0 Å². The topological polar surface area (TPSA) is 26.0 Å². The van der Waals surface area contributed by atoms with E-state index in [4.69, 9.17) is 18.0 Å². The maximum absolute atomic E-state index is 5.79. The van der Waals surface area contributed by atoms with Crippen molar-refractivity contribution in [3.05, 3.63) is 59.7 Å². The van der Waals surface area contributed by atoms with Gasteiger partial charge in [0.25, 0.3) is 0 Å². The van der Waals surface area contributed by atoms with Gasteiger partial charge in [-0.25, -0.2) is 0 Å². The highest BCUT2D eigenvalue weighted by atomic mass is 79.9. The van der Waals surface area contributed by atoms with Gasteiger partial charge in [0.05, 0.1) is 0 Å². The second kappa shape index (κ2) is 7.55. The van der Waals surface area contributed by atoms with Crippen molar-refractivity contribution in [2.45, 2.75) is 19.3 Å². The number of thiocarbonyl (C=S) groups is 1. The van der Waals surface area contributed by atoms with Crippen LogP contribution in [0.4, 0.5) is 0 Å². The van der Waals surface area contributed by atoms with Crippen molar-refractivity contribution in [2.24, 2.45) is 5.73 Å². The molecular formula is C17H18BrNS. The molecule has 20 heavy (non-hydrogen) atoms. The molecular weight excluding hydrogens is 330 g/mol. The Morgan fingerprint density at radius 3 is 2.35 bits per heavy atom. The first-order valence-corrected chi connectivity index (χ1v) is 8.29. The first kappa shape index (κ1) is 15.2.